The molecule has 0 spiro atoms. The van der Waals surface area contributed by atoms with Crippen LogP contribution < -0.4 is 11.1 Å². The van der Waals surface area contributed by atoms with Gasteiger partial charge in [0.2, 0.25) is 0 Å². The molecule has 0 aliphatic heterocycles. The molecule has 0 saturated carbocycles. The van der Waals surface area contributed by atoms with E-state index in [-0.39, 0.29) is 5.75 Å². The Hall–Kier alpha value is -2.28. The first-order valence-corrected chi connectivity index (χ1v) is 7.16. The van der Waals surface area contributed by atoms with Crippen molar-refractivity contribution in [2.24, 2.45) is 5.73 Å². The highest BCUT2D eigenvalue weighted by Gasteiger charge is 2.36. The molecule has 1 aromatic rings. The number of aromatic hydroxyl groups is 1. The van der Waals surface area contributed by atoms with Gasteiger partial charge in [0.05, 0.1) is 0 Å². The normalized spacial score (nSPS) is 13.3. The molecule has 1 atom stereocenters. The number of amides is 1. The second-order valence-electron chi connectivity index (χ2n) is 6.90. The van der Waals surface area contributed by atoms with Crippen molar-refractivity contribution in [3.63, 3.8) is 0 Å². The van der Waals surface area contributed by atoms with Crippen molar-refractivity contribution in [1.29, 1.82) is 0 Å². The van der Waals surface area contributed by atoms with Crippen molar-refractivity contribution in [2.75, 3.05) is 5.32 Å². The van der Waals surface area contributed by atoms with Gasteiger partial charge in [-0.2, -0.15) is 0 Å². The van der Waals surface area contributed by atoms with Crippen molar-refractivity contribution in [2.45, 2.75) is 51.7 Å². The summed E-state index contributed by atoms with van der Waals surface area (Å²) >= 11 is 0. The molecule has 23 heavy (non-hydrogen) atoms. The van der Waals surface area contributed by atoms with Crippen LogP contribution in [0.2, 0.25) is 0 Å². The summed E-state index contributed by atoms with van der Waals surface area (Å²) in [6.07, 6.45) is -0.644. The van der Waals surface area contributed by atoms with Crippen LogP contribution in [0.4, 0.5) is 10.5 Å². The van der Waals surface area contributed by atoms with E-state index in [1.54, 1.807) is 34.6 Å². The molecule has 0 radical (unpaired) electrons. The molecule has 7 nitrogen and oxygen atoms in total. The molecule has 128 valence electrons. The minimum Gasteiger partial charge on any atom is -0.508 e. The quantitative estimate of drug-likeness (QED) is 0.631. The summed E-state index contributed by atoms with van der Waals surface area (Å²) in [5.41, 5.74) is 4.72. The standard InChI is InChI=1S/C16H24N2O5/c1-15(2,3)23-14(22)18-9-6-7-11(19)10(8-9)16(4,5)12(17)13(20)21/h6-8,12,19H,17H2,1-5H3,(H,18,22)(H,20,21). The summed E-state index contributed by atoms with van der Waals surface area (Å²) in [7, 11) is 0. The molecular weight excluding hydrogens is 300 g/mol. The molecule has 1 unspecified atom stereocenters. The number of nitrogens with two attached hydrogens (primary N) is 1. The molecule has 1 rings (SSSR count). The highest BCUT2D eigenvalue weighted by molar-refractivity contribution is 5.85. The maximum Gasteiger partial charge on any atom is 0.412 e. The van der Waals surface area contributed by atoms with Gasteiger partial charge in [0, 0.05) is 16.7 Å². The average Bonchev–Trinajstić information content (AvgIpc) is 2.37. The van der Waals surface area contributed by atoms with Gasteiger partial charge in [0.15, 0.2) is 0 Å². The number of carboxylic acids is 1. The molecular formula is C16H24N2O5. The van der Waals surface area contributed by atoms with Crippen LogP contribution in [0.25, 0.3) is 0 Å². The molecule has 7 heteroatoms. The van der Waals surface area contributed by atoms with Crippen LogP contribution in [0.1, 0.15) is 40.2 Å². The minimum atomic E-state index is -1.22. The fourth-order valence-corrected chi connectivity index (χ4v) is 2.03. The Morgan fingerprint density at radius 1 is 1.22 bits per heavy atom. The summed E-state index contributed by atoms with van der Waals surface area (Å²) in [6, 6.07) is 3.14. The number of rotatable bonds is 4. The SMILES string of the molecule is CC(C)(C)OC(=O)Nc1ccc(O)c(C(C)(C)C(N)C(=O)O)c1. The Morgan fingerprint density at radius 2 is 1.78 bits per heavy atom. The van der Waals surface area contributed by atoms with Crippen LogP contribution in [0.15, 0.2) is 18.2 Å². The van der Waals surface area contributed by atoms with Crippen LogP contribution >= 0.6 is 0 Å². The predicted molar refractivity (Wildman–Crippen MR) is 86.6 cm³/mol. The molecule has 0 heterocycles. The number of aliphatic carboxylic acids is 1. The smallest absolute Gasteiger partial charge is 0.412 e. The van der Waals surface area contributed by atoms with E-state index >= 15 is 0 Å². The Bertz CT molecular complexity index is 605. The average molecular weight is 324 g/mol. The molecule has 0 aliphatic carbocycles. The van der Waals surface area contributed by atoms with Crippen molar-refractivity contribution in [3.05, 3.63) is 23.8 Å². The van der Waals surface area contributed by atoms with E-state index in [9.17, 15) is 14.7 Å². The molecule has 5 N–H and O–H groups in total. The van der Waals surface area contributed by atoms with Crippen molar-refractivity contribution in [1.82, 2.24) is 0 Å². The van der Waals surface area contributed by atoms with E-state index in [0.29, 0.717) is 11.3 Å². The first kappa shape index (κ1) is 18.8. The number of anilines is 1. The maximum absolute atomic E-state index is 11.8. The van der Waals surface area contributed by atoms with Gasteiger partial charge < -0.3 is 20.7 Å². The molecule has 0 fully saturated rings. The highest BCUT2D eigenvalue weighted by Crippen LogP contribution is 2.35. The summed E-state index contributed by atoms with van der Waals surface area (Å²) in [5, 5.41) is 21.7. The van der Waals surface area contributed by atoms with Crippen molar-refractivity contribution >= 4 is 17.7 Å². The number of carbonyl (C=O) groups excluding carboxylic acids is 1. The number of ether oxygens (including phenoxy) is 1. The van der Waals surface area contributed by atoms with E-state index in [1.165, 1.54) is 18.2 Å². The second-order valence-corrected chi connectivity index (χ2v) is 6.90. The lowest BCUT2D eigenvalue weighted by Crippen LogP contribution is -2.46. The summed E-state index contributed by atoms with van der Waals surface area (Å²) < 4.78 is 5.15. The second kappa shape index (κ2) is 6.45. The van der Waals surface area contributed by atoms with E-state index < -0.39 is 29.1 Å². The van der Waals surface area contributed by atoms with E-state index in [4.69, 9.17) is 15.6 Å². The van der Waals surface area contributed by atoms with Gasteiger partial charge in [-0.05, 0) is 39.0 Å². The summed E-state index contributed by atoms with van der Waals surface area (Å²) in [6.45, 7) is 8.44. The fourth-order valence-electron chi connectivity index (χ4n) is 2.03. The van der Waals surface area contributed by atoms with E-state index in [0.717, 1.165) is 0 Å². The molecule has 1 amide bonds. The lowest BCUT2D eigenvalue weighted by molar-refractivity contribution is -0.140. The van der Waals surface area contributed by atoms with Gasteiger partial charge in [-0.15, -0.1) is 0 Å². The third kappa shape index (κ3) is 4.85. The van der Waals surface area contributed by atoms with Crippen LogP contribution in [0.5, 0.6) is 5.75 Å². The monoisotopic (exact) mass is 324 g/mol. The number of phenolic OH excluding ortho intramolecular Hbond substituents is 1. The lowest BCUT2D eigenvalue weighted by atomic mass is 9.77. The molecule has 0 aliphatic rings. The number of hydrogen-bond acceptors (Lipinski definition) is 5. The third-order valence-corrected chi connectivity index (χ3v) is 3.38. The van der Waals surface area contributed by atoms with Crippen molar-refractivity contribution < 1.29 is 24.5 Å². The van der Waals surface area contributed by atoms with E-state index in [1.807, 2.05) is 0 Å². The van der Waals surface area contributed by atoms with Crippen molar-refractivity contribution in [3.8, 4) is 5.75 Å². The maximum atomic E-state index is 11.8. The Labute approximate surface area is 135 Å². The zero-order valence-electron chi connectivity index (χ0n) is 14.0. The predicted octanol–water partition coefficient (Wildman–Crippen LogP) is 2.43. The Morgan fingerprint density at radius 3 is 2.26 bits per heavy atom. The largest absolute Gasteiger partial charge is 0.508 e. The number of benzene rings is 1. The third-order valence-electron chi connectivity index (χ3n) is 3.38. The lowest BCUT2D eigenvalue weighted by Gasteiger charge is -2.30. The first-order chi connectivity index (χ1) is 10.3. The zero-order chi connectivity index (χ0) is 18.0. The zero-order valence-corrected chi connectivity index (χ0v) is 14.0. The van der Waals surface area contributed by atoms with Gasteiger partial charge in [-0.1, -0.05) is 13.8 Å². The number of carbonyl (C=O) groups is 2. The molecule has 0 aromatic heterocycles. The number of phenols is 1. The van der Waals surface area contributed by atoms with Crippen LogP contribution in [-0.2, 0) is 14.9 Å². The Balaban J connectivity index is 3.09. The first-order valence-electron chi connectivity index (χ1n) is 7.16. The molecule has 0 saturated heterocycles. The van der Waals surface area contributed by atoms with Gasteiger partial charge in [-0.25, -0.2) is 4.79 Å². The van der Waals surface area contributed by atoms with E-state index in [2.05, 4.69) is 5.32 Å². The van der Waals surface area contributed by atoms with Crippen LogP contribution in [0, 0.1) is 0 Å². The number of nitrogens with one attached hydrogen (secondary N) is 1. The van der Waals surface area contributed by atoms with Gasteiger partial charge >= 0.3 is 12.1 Å². The van der Waals surface area contributed by atoms with Gasteiger partial charge in [-0.3, -0.25) is 10.1 Å². The molecule has 0 bridgehead atoms. The van der Waals surface area contributed by atoms with Gasteiger partial charge in [0.25, 0.3) is 0 Å². The highest BCUT2D eigenvalue weighted by atomic mass is 16.6. The van der Waals surface area contributed by atoms with Gasteiger partial charge in [0.1, 0.15) is 17.4 Å². The van der Waals surface area contributed by atoms with Crippen LogP contribution in [-0.4, -0.2) is 33.9 Å². The Kier molecular flexibility index (Phi) is 5.27. The van der Waals surface area contributed by atoms with Crippen LogP contribution in [0.3, 0.4) is 0 Å². The minimum absolute atomic E-state index is 0.0959. The molecule has 1 aromatic carbocycles. The summed E-state index contributed by atoms with van der Waals surface area (Å²) in [5.74, 6) is -1.28. The fraction of sp³-hybridized carbons (Fsp3) is 0.500. The topological polar surface area (TPSA) is 122 Å². The number of hydrogen-bond donors (Lipinski definition) is 4. The summed E-state index contributed by atoms with van der Waals surface area (Å²) in [4.78, 5) is 23.0. The number of carboxylic acid groups (broad SMARTS) is 1.